The van der Waals surface area contributed by atoms with E-state index in [-0.39, 0.29) is 30.0 Å². The molecule has 1 fully saturated rings. The average Bonchev–Trinajstić information content (AvgIpc) is 2.85. The summed E-state index contributed by atoms with van der Waals surface area (Å²) in [5.74, 6) is 0.324. The highest BCUT2D eigenvalue weighted by Gasteiger charge is 2.25. The van der Waals surface area contributed by atoms with Crippen molar-refractivity contribution in [2.45, 2.75) is 18.9 Å². The van der Waals surface area contributed by atoms with Gasteiger partial charge in [0, 0.05) is 31.7 Å². The average molecular weight is 390 g/mol. The first-order chi connectivity index (χ1) is 11.5. The number of nitrogens with two attached hydrogens (primary N) is 1. The molecule has 0 spiro atoms. The third kappa shape index (κ3) is 6.17. The van der Waals surface area contributed by atoms with Gasteiger partial charge in [-0.05, 0) is 49.1 Å². The van der Waals surface area contributed by atoms with Crippen molar-refractivity contribution in [1.82, 2.24) is 9.80 Å². The highest BCUT2D eigenvalue weighted by Crippen LogP contribution is 2.12. The SMILES string of the molecule is CSCC[C@H](N)C(=O)N1CCCN(C(=O)c2ccc(F)cc2)CC1.Cl. The van der Waals surface area contributed by atoms with Crippen LogP contribution in [0.4, 0.5) is 4.39 Å². The fourth-order valence-corrected chi connectivity index (χ4v) is 3.21. The summed E-state index contributed by atoms with van der Waals surface area (Å²) in [4.78, 5) is 28.3. The fraction of sp³-hybridized carbons (Fsp3) is 0.529. The molecule has 0 unspecified atom stereocenters. The molecule has 2 N–H and O–H groups in total. The third-order valence-electron chi connectivity index (χ3n) is 4.14. The lowest BCUT2D eigenvalue weighted by molar-refractivity contribution is -0.132. The molecule has 2 rings (SSSR count). The number of halogens is 2. The van der Waals surface area contributed by atoms with Gasteiger partial charge in [-0.2, -0.15) is 11.8 Å². The van der Waals surface area contributed by atoms with Gasteiger partial charge in [-0.15, -0.1) is 12.4 Å². The minimum absolute atomic E-state index is 0. The van der Waals surface area contributed by atoms with E-state index in [0.29, 0.717) is 44.6 Å². The molecule has 8 heteroatoms. The number of hydrogen-bond donors (Lipinski definition) is 1. The lowest BCUT2D eigenvalue weighted by Gasteiger charge is -2.24. The first kappa shape index (κ1) is 21.7. The number of hydrogen-bond acceptors (Lipinski definition) is 4. The number of carbonyl (C=O) groups is 2. The number of rotatable bonds is 5. The predicted molar refractivity (Wildman–Crippen MR) is 102 cm³/mol. The number of amides is 2. The molecular formula is C17H25ClFN3O2S. The molecule has 5 nitrogen and oxygen atoms in total. The Labute approximate surface area is 158 Å². The molecule has 0 aromatic heterocycles. The quantitative estimate of drug-likeness (QED) is 0.836. The Morgan fingerprint density at radius 2 is 1.76 bits per heavy atom. The Morgan fingerprint density at radius 3 is 2.40 bits per heavy atom. The highest BCUT2D eigenvalue weighted by atomic mass is 35.5. The Kier molecular flexibility index (Phi) is 9.24. The van der Waals surface area contributed by atoms with E-state index in [1.165, 1.54) is 24.3 Å². The fourth-order valence-electron chi connectivity index (χ4n) is 2.72. The molecule has 1 aromatic carbocycles. The Morgan fingerprint density at radius 1 is 1.16 bits per heavy atom. The zero-order valence-corrected chi connectivity index (χ0v) is 16.0. The van der Waals surface area contributed by atoms with Gasteiger partial charge in [0.25, 0.3) is 5.91 Å². The normalized spacial score (nSPS) is 16.0. The van der Waals surface area contributed by atoms with Crippen LogP contribution in [0.3, 0.4) is 0 Å². The van der Waals surface area contributed by atoms with Gasteiger partial charge in [0.05, 0.1) is 6.04 Å². The van der Waals surface area contributed by atoms with Crippen molar-refractivity contribution < 1.29 is 14.0 Å². The second-order valence-electron chi connectivity index (χ2n) is 5.87. The van der Waals surface area contributed by atoms with Crippen LogP contribution in [0.2, 0.25) is 0 Å². The van der Waals surface area contributed by atoms with E-state index in [2.05, 4.69) is 0 Å². The molecule has 25 heavy (non-hydrogen) atoms. The smallest absolute Gasteiger partial charge is 0.253 e. The molecule has 0 bridgehead atoms. The highest BCUT2D eigenvalue weighted by molar-refractivity contribution is 7.98. The molecule has 1 aromatic rings. The molecule has 1 atom stereocenters. The minimum Gasteiger partial charge on any atom is -0.340 e. The second-order valence-corrected chi connectivity index (χ2v) is 6.85. The van der Waals surface area contributed by atoms with Crippen molar-refractivity contribution in [3.8, 4) is 0 Å². The van der Waals surface area contributed by atoms with Crippen LogP contribution in [-0.2, 0) is 4.79 Å². The van der Waals surface area contributed by atoms with Crippen LogP contribution >= 0.6 is 24.2 Å². The number of carbonyl (C=O) groups excluding carboxylic acids is 2. The Balaban J connectivity index is 0.00000312. The van der Waals surface area contributed by atoms with Crippen molar-refractivity contribution >= 4 is 36.0 Å². The summed E-state index contributed by atoms with van der Waals surface area (Å²) in [6.07, 6.45) is 3.37. The van der Waals surface area contributed by atoms with Crippen molar-refractivity contribution in [2.24, 2.45) is 5.73 Å². The summed E-state index contributed by atoms with van der Waals surface area (Å²) in [5, 5.41) is 0. The van der Waals surface area contributed by atoms with Crippen LogP contribution in [0.15, 0.2) is 24.3 Å². The molecule has 2 amide bonds. The molecule has 0 radical (unpaired) electrons. The van der Waals surface area contributed by atoms with Gasteiger partial charge in [0.1, 0.15) is 5.82 Å². The van der Waals surface area contributed by atoms with Crippen LogP contribution in [-0.4, -0.2) is 65.8 Å². The maximum Gasteiger partial charge on any atom is 0.253 e. The zero-order valence-electron chi connectivity index (χ0n) is 14.3. The summed E-state index contributed by atoms with van der Waals surface area (Å²) in [7, 11) is 0. The van der Waals surface area contributed by atoms with E-state index >= 15 is 0 Å². The monoisotopic (exact) mass is 389 g/mol. The minimum atomic E-state index is -0.475. The lowest BCUT2D eigenvalue weighted by Crippen LogP contribution is -2.45. The maximum absolute atomic E-state index is 13.0. The van der Waals surface area contributed by atoms with Crippen LogP contribution in [0, 0.1) is 5.82 Å². The molecule has 1 aliphatic rings. The van der Waals surface area contributed by atoms with Crippen LogP contribution in [0.1, 0.15) is 23.2 Å². The molecule has 1 aliphatic heterocycles. The molecule has 1 saturated heterocycles. The maximum atomic E-state index is 13.0. The number of nitrogens with zero attached hydrogens (tertiary/aromatic N) is 2. The van der Waals surface area contributed by atoms with E-state index in [4.69, 9.17) is 5.73 Å². The van der Waals surface area contributed by atoms with Gasteiger partial charge in [0.15, 0.2) is 0 Å². The number of benzene rings is 1. The van der Waals surface area contributed by atoms with Gasteiger partial charge in [-0.25, -0.2) is 4.39 Å². The van der Waals surface area contributed by atoms with Gasteiger partial charge in [0.2, 0.25) is 5.91 Å². The van der Waals surface area contributed by atoms with Crippen LogP contribution in [0.25, 0.3) is 0 Å². The Bertz CT molecular complexity index is 574. The van der Waals surface area contributed by atoms with Gasteiger partial charge in [-0.3, -0.25) is 9.59 Å². The van der Waals surface area contributed by atoms with Gasteiger partial charge in [-0.1, -0.05) is 0 Å². The van der Waals surface area contributed by atoms with Crippen molar-refractivity contribution in [3.63, 3.8) is 0 Å². The topological polar surface area (TPSA) is 66.6 Å². The van der Waals surface area contributed by atoms with Crippen molar-refractivity contribution in [3.05, 3.63) is 35.6 Å². The first-order valence-electron chi connectivity index (χ1n) is 8.11. The Hall–Kier alpha value is -1.31. The lowest BCUT2D eigenvalue weighted by atomic mass is 10.2. The first-order valence-corrected chi connectivity index (χ1v) is 9.50. The van der Waals surface area contributed by atoms with Crippen LogP contribution in [0.5, 0.6) is 0 Å². The molecule has 140 valence electrons. The molecule has 0 saturated carbocycles. The summed E-state index contributed by atoms with van der Waals surface area (Å²) in [6.45, 7) is 2.15. The van der Waals surface area contributed by atoms with Crippen molar-refractivity contribution in [1.29, 1.82) is 0 Å². The predicted octanol–water partition coefficient (Wildman–Crippen LogP) is 2.00. The van der Waals surface area contributed by atoms with E-state index < -0.39 is 6.04 Å². The van der Waals surface area contributed by atoms with E-state index in [1.54, 1.807) is 21.6 Å². The van der Waals surface area contributed by atoms with E-state index in [0.717, 1.165) is 5.75 Å². The standard InChI is InChI=1S/C17H24FN3O2S.ClH/c1-24-12-7-15(19)17(23)21-9-2-8-20(10-11-21)16(22)13-3-5-14(18)6-4-13;/h3-6,15H,2,7-12,19H2,1H3;1H/t15-;/m0./s1. The molecule has 0 aliphatic carbocycles. The second kappa shape index (κ2) is 10.6. The number of thioether (sulfide) groups is 1. The summed E-state index contributed by atoms with van der Waals surface area (Å²) >= 11 is 1.67. The van der Waals surface area contributed by atoms with E-state index in [1.807, 2.05) is 6.26 Å². The summed E-state index contributed by atoms with van der Waals surface area (Å²) in [6, 6.07) is 5.07. The van der Waals surface area contributed by atoms with Gasteiger partial charge >= 0.3 is 0 Å². The third-order valence-corrected chi connectivity index (χ3v) is 4.78. The molecule has 1 heterocycles. The molecular weight excluding hydrogens is 365 g/mol. The van der Waals surface area contributed by atoms with Crippen molar-refractivity contribution in [2.75, 3.05) is 38.2 Å². The van der Waals surface area contributed by atoms with E-state index in [9.17, 15) is 14.0 Å². The van der Waals surface area contributed by atoms with Crippen LogP contribution < -0.4 is 5.73 Å². The summed E-state index contributed by atoms with van der Waals surface area (Å²) < 4.78 is 13.0. The largest absolute Gasteiger partial charge is 0.340 e. The summed E-state index contributed by atoms with van der Waals surface area (Å²) in [5.41, 5.74) is 6.43. The zero-order chi connectivity index (χ0) is 17.5. The van der Waals surface area contributed by atoms with Gasteiger partial charge < -0.3 is 15.5 Å².